The predicted molar refractivity (Wildman–Crippen MR) is 107 cm³/mol. The summed E-state index contributed by atoms with van der Waals surface area (Å²) in [4.78, 5) is 22.2. The number of ether oxygens (including phenoxy) is 1. The first-order chi connectivity index (χ1) is 14.0. The van der Waals surface area contributed by atoms with Gasteiger partial charge in [-0.15, -0.1) is 0 Å². The number of aliphatic hydroxyl groups is 1. The Kier molecular flexibility index (Phi) is 5.12. The van der Waals surface area contributed by atoms with E-state index in [4.69, 9.17) is 20.9 Å². The number of hydrogen-bond acceptors (Lipinski definition) is 7. The third-order valence-corrected chi connectivity index (χ3v) is 5.16. The molecule has 9 nitrogen and oxygen atoms in total. The molecule has 4 aromatic rings. The average Bonchev–Trinajstić information content (AvgIpc) is 3.36. The monoisotopic (exact) mass is 417 g/mol. The van der Waals surface area contributed by atoms with Gasteiger partial charge in [0.05, 0.1) is 41.2 Å². The average molecular weight is 418 g/mol. The van der Waals surface area contributed by atoms with Gasteiger partial charge in [-0.05, 0) is 19.1 Å². The summed E-state index contributed by atoms with van der Waals surface area (Å²) in [5, 5.41) is 14.1. The summed E-state index contributed by atoms with van der Waals surface area (Å²) in [6, 6.07) is 4.85. The lowest BCUT2D eigenvalue weighted by Crippen LogP contribution is -2.27. The standard InChI is InChI=1S/C19H20ClN5O4/c1-10(8-28-3)18-22-17(23-29-18)14-16-19(27)25(11(2)7-26)15-12(20)5-4-6-13(15)24(16)9-21-14/h4-6,9-11,26H,7-8H2,1-3H3. The zero-order chi connectivity index (χ0) is 20.7. The molecule has 0 radical (unpaired) electrons. The molecule has 1 N–H and O–H groups in total. The number of hydrogen-bond donors (Lipinski definition) is 1. The van der Waals surface area contributed by atoms with Gasteiger partial charge in [-0.3, -0.25) is 13.8 Å². The predicted octanol–water partition coefficient (Wildman–Crippen LogP) is 2.66. The minimum Gasteiger partial charge on any atom is -0.394 e. The Morgan fingerprint density at radius 1 is 1.31 bits per heavy atom. The first-order valence-electron chi connectivity index (χ1n) is 9.11. The number of methoxy groups -OCH3 is 1. The van der Waals surface area contributed by atoms with Crippen LogP contribution in [-0.4, -0.2) is 49.5 Å². The maximum absolute atomic E-state index is 13.4. The smallest absolute Gasteiger partial charge is 0.278 e. The second kappa shape index (κ2) is 7.58. The van der Waals surface area contributed by atoms with Gasteiger partial charge in [-0.1, -0.05) is 29.7 Å². The Morgan fingerprint density at radius 3 is 2.83 bits per heavy atom. The molecule has 0 bridgehead atoms. The van der Waals surface area contributed by atoms with Crippen LogP contribution in [-0.2, 0) is 4.74 Å². The van der Waals surface area contributed by atoms with Crippen LogP contribution in [0.1, 0.15) is 31.7 Å². The molecular weight excluding hydrogens is 398 g/mol. The summed E-state index contributed by atoms with van der Waals surface area (Å²) < 4.78 is 13.6. The van der Waals surface area contributed by atoms with E-state index in [1.807, 2.05) is 13.0 Å². The molecule has 3 heterocycles. The first kappa shape index (κ1) is 19.6. The second-order valence-corrected chi connectivity index (χ2v) is 7.35. The fraction of sp³-hybridized carbons (Fsp3) is 0.368. The molecule has 0 spiro atoms. The third-order valence-electron chi connectivity index (χ3n) is 4.85. The third kappa shape index (κ3) is 3.11. The van der Waals surface area contributed by atoms with Crippen molar-refractivity contribution in [3.05, 3.63) is 45.8 Å². The largest absolute Gasteiger partial charge is 0.394 e. The number of halogens is 1. The van der Waals surface area contributed by atoms with Crippen molar-refractivity contribution >= 4 is 28.2 Å². The molecule has 3 aromatic heterocycles. The summed E-state index contributed by atoms with van der Waals surface area (Å²) in [6.07, 6.45) is 1.54. The maximum atomic E-state index is 13.4. The summed E-state index contributed by atoms with van der Waals surface area (Å²) >= 11 is 6.40. The van der Waals surface area contributed by atoms with Gasteiger partial charge in [0.15, 0.2) is 0 Å². The molecule has 0 aliphatic rings. The fourth-order valence-corrected chi connectivity index (χ4v) is 3.67. The van der Waals surface area contributed by atoms with Crippen molar-refractivity contribution in [2.75, 3.05) is 20.3 Å². The van der Waals surface area contributed by atoms with Crippen molar-refractivity contribution in [2.24, 2.45) is 0 Å². The second-order valence-electron chi connectivity index (χ2n) is 6.94. The number of benzene rings is 1. The van der Waals surface area contributed by atoms with Crippen molar-refractivity contribution in [2.45, 2.75) is 25.8 Å². The molecule has 0 aliphatic heterocycles. The minimum atomic E-state index is -0.486. The number of para-hydroxylation sites is 1. The minimum absolute atomic E-state index is 0.0964. The van der Waals surface area contributed by atoms with Gasteiger partial charge in [0, 0.05) is 7.11 Å². The molecule has 0 amide bonds. The van der Waals surface area contributed by atoms with E-state index in [9.17, 15) is 9.90 Å². The van der Waals surface area contributed by atoms with Crippen LogP contribution in [0.3, 0.4) is 0 Å². The lowest BCUT2D eigenvalue weighted by molar-refractivity contribution is 0.170. The van der Waals surface area contributed by atoms with Crippen LogP contribution in [0, 0.1) is 0 Å². The zero-order valence-electron chi connectivity index (χ0n) is 16.2. The van der Waals surface area contributed by atoms with Crippen LogP contribution in [0.25, 0.3) is 28.1 Å². The van der Waals surface area contributed by atoms with E-state index in [1.165, 1.54) is 10.9 Å². The fourth-order valence-electron chi connectivity index (χ4n) is 3.41. The van der Waals surface area contributed by atoms with Crippen LogP contribution in [0.4, 0.5) is 0 Å². The van der Waals surface area contributed by atoms with Crippen LogP contribution in [0.5, 0.6) is 0 Å². The van der Waals surface area contributed by atoms with Gasteiger partial charge < -0.3 is 14.4 Å². The van der Waals surface area contributed by atoms with Crippen LogP contribution >= 0.6 is 11.6 Å². The molecular formula is C19H20ClN5O4. The molecule has 152 valence electrons. The molecule has 2 atom stereocenters. The highest BCUT2D eigenvalue weighted by Crippen LogP contribution is 2.28. The SMILES string of the molecule is COCC(C)c1nc(-c2ncn3c2c(=O)n(C(C)CO)c2c(Cl)cccc23)no1. The van der Waals surface area contributed by atoms with Crippen LogP contribution < -0.4 is 5.56 Å². The van der Waals surface area contributed by atoms with E-state index in [0.29, 0.717) is 34.2 Å². The molecule has 29 heavy (non-hydrogen) atoms. The van der Waals surface area contributed by atoms with E-state index in [2.05, 4.69) is 15.1 Å². The number of imidazole rings is 1. The van der Waals surface area contributed by atoms with Crippen LogP contribution in [0.2, 0.25) is 5.02 Å². The van der Waals surface area contributed by atoms with Crippen molar-refractivity contribution in [3.63, 3.8) is 0 Å². The highest BCUT2D eigenvalue weighted by atomic mass is 35.5. The summed E-state index contributed by atoms with van der Waals surface area (Å²) in [5.74, 6) is 0.517. The Morgan fingerprint density at radius 2 is 2.10 bits per heavy atom. The van der Waals surface area contributed by atoms with Crippen LogP contribution in [0.15, 0.2) is 33.8 Å². The van der Waals surface area contributed by atoms with Crippen molar-refractivity contribution < 1.29 is 14.4 Å². The highest BCUT2D eigenvalue weighted by molar-refractivity contribution is 6.35. The molecule has 0 saturated carbocycles. The van der Waals surface area contributed by atoms with Gasteiger partial charge in [0.1, 0.15) is 17.5 Å². The highest BCUT2D eigenvalue weighted by Gasteiger charge is 2.24. The Hall–Kier alpha value is -2.75. The zero-order valence-corrected chi connectivity index (χ0v) is 16.9. The quantitative estimate of drug-likeness (QED) is 0.513. The van der Waals surface area contributed by atoms with Gasteiger partial charge in [-0.2, -0.15) is 4.98 Å². The Bertz CT molecular complexity index is 1240. The summed E-state index contributed by atoms with van der Waals surface area (Å²) in [6.45, 7) is 3.85. The van der Waals surface area contributed by atoms with E-state index < -0.39 is 6.04 Å². The molecule has 0 fully saturated rings. The molecule has 4 rings (SSSR count). The summed E-state index contributed by atoms with van der Waals surface area (Å²) in [7, 11) is 1.59. The molecule has 10 heteroatoms. The van der Waals surface area contributed by atoms with E-state index in [0.717, 1.165) is 0 Å². The van der Waals surface area contributed by atoms with E-state index in [1.54, 1.807) is 30.6 Å². The molecule has 1 aromatic carbocycles. The Balaban J connectivity index is 2.01. The molecule has 0 saturated heterocycles. The van der Waals surface area contributed by atoms with Crippen molar-refractivity contribution in [1.82, 2.24) is 24.1 Å². The van der Waals surface area contributed by atoms with Crippen molar-refractivity contribution in [1.29, 1.82) is 0 Å². The number of aliphatic hydroxyl groups excluding tert-OH is 1. The number of aromatic nitrogens is 5. The lowest BCUT2D eigenvalue weighted by atomic mass is 10.2. The van der Waals surface area contributed by atoms with Gasteiger partial charge in [0.25, 0.3) is 5.56 Å². The van der Waals surface area contributed by atoms with Gasteiger partial charge in [-0.25, -0.2) is 4.98 Å². The summed E-state index contributed by atoms with van der Waals surface area (Å²) in [5.41, 5.74) is 1.44. The first-order valence-corrected chi connectivity index (χ1v) is 9.49. The maximum Gasteiger partial charge on any atom is 0.278 e. The Labute approximate surface area is 170 Å². The lowest BCUT2D eigenvalue weighted by Gasteiger charge is -2.18. The normalized spacial score (nSPS) is 14.0. The van der Waals surface area contributed by atoms with Gasteiger partial charge >= 0.3 is 0 Å². The number of nitrogens with zero attached hydrogens (tertiary/aromatic N) is 5. The molecule has 0 aliphatic carbocycles. The number of fused-ring (bicyclic) bond motifs is 3. The molecule has 2 unspecified atom stereocenters. The topological polar surface area (TPSA) is 108 Å². The number of rotatable bonds is 6. The van der Waals surface area contributed by atoms with E-state index in [-0.39, 0.29) is 29.4 Å². The van der Waals surface area contributed by atoms with E-state index >= 15 is 0 Å². The van der Waals surface area contributed by atoms with Gasteiger partial charge in [0.2, 0.25) is 11.7 Å². The van der Waals surface area contributed by atoms with Crippen molar-refractivity contribution in [3.8, 4) is 11.5 Å².